The molecule has 1 unspecified atom stereocenters. The molecule has 1 aromatic rings. The van der Waals surface area contributed by atoms with E-state index >= 15 is 0 Å². The quantitative estimate of drug-likeness (QED) is 0.858. The maximum absolute atomic E-state index is 3.50. The van der Waals surface area contributed by atoms with E-state index in [2.05, 4.69) is 48.3 Å². The lowest BCUT2D eigenvalue weighted by Gasteiger charge is -2.36. The molecule has 1 atom stereocenters. The van der Waals surface area contributed by atoms with Crippen LogP contribution in [0.15, 0.2) is 24.3 Å². The van der Waals surface area contributed by atoms with Crippen LogP contribution in [0.3, 0.4) is 0 Å². The fraction of sp³-hybridized carbons (Fsp3) is 0.600. The standard InChI is InChI=1S/C15H24N2/c1-3-4-15-11-16-9-10-17(15)12-14-7-5-13(2)6-8-14/h5-8,15-16H,3-4,9-12H2,1-2H3. The molecule has 1 N–H and O–H groups in total. The van der Waals surface area contributed by atoms with Crippen molar-refractivity contribution in [3.8, 4) is 0 Å². The predicted octanol–water partition coefficient (Wildman–Crippen LogP) is 2.57. The van der Waals surface area contributed by atoms with Crippen molar-refractivity contribution in [1.29, 1.82) is 0 Å². The number of aryl methyl sites for hydroxylation is 1. The van der Waals surface area contributed by atoms with Gasteiger partial charge in [0.2, 0.25) is 0 Å². The topological polar surface area (TPSA) is 15.3 Å². The zero-order chi connectivity index (χ0) is 12.1. The van der Waals surface area contributed by atoms with Crippen molar-refractivity contribution < 1.29 is 0 Å². The van der Waals surface area contributed by atoms with Crippen LogP contribution >= 0.6 is 0 Å². The van der Waals surface area contributed by atoms with Crippen LogP contribution in [0.25, 0.3) is 0 Å². The number of rotatable bonds is 4. The van der Waals surface area contributed by atoms with E-state index in [0.717, 1.165) is 25.7 Å². The lowest BCUT2D eigenvalue weighted by Crippen LogP contribution is -2.50. The summed E-state index contributed by atoms with van der Waals surface area (Å²) in [6, 6.07) is 9.68. The van der Waals surface area contributed by atoms with E-state index in [9.17, 15) is 0 Å². The van der Waals surface area contributed by atoms with Gasteiger partial charge in [-0.05, 0) is 18.9 Å². The van der Waals surface area contributed by atoms with Gasteiger partial charge in [-0.2, -0.15) is 0 Å². The minimum atomic E-state index is 0.718. The molecular weight excluding hydrogens is 208 g/mol. The molecule has 1 saturated heterocycles. The van der Waals surface area contributed by atoms with Crippen molar-refractivity contribution in [3.05, 3.63) is 35.4 Å². The summed E-state index contributed by atoms with van der Waals surface area (Å²) in [5, 5.41) is 3.50. The first kappa shape index (κ1) is 12.6. The fourth-order valence-electron chi connectivity index (χ4n) is 2.56. The summed E-state index contributed by atoms with van der Waals surface area (Å²) in [5.41, 5.74) is 2.79. The highest BCUT2D eigenvalue weighted by molar-refractivity contribution is 5.21. The van der Waals surface area contributed by atoms with Gasteiger partial charge in [-0.1, -0.05) is 43.2 Å². The molecule has 94 valence electrons. The number of nitrogens with one attached hydrogen (secondary N) is 1. The molecule has 0 radical (unpaired) electrons. The van der Waals surface area contributed by atoms with Crippen molar-refractivity contribution >= 4 is 0 Å². The smallest absolute Gasteiger partial charge is 0.0237 e. The second-order valence-electron chi connectivity index (χ2n) is 5.10. The van der Waals surface area contributed by atoms with Crippen LogP contribution in [0.1, 0.15) is 30.9 Å². The van der Waals surface area contributed by atoms with Crippen LogP contribution in [0, 0.1) is 6.92 Å². The maximum atomic E-state index is 3.50. The Kier molecular flexibility index (Phi) is 4.57. The van der Waals surface area contributed by atoms with Gasteiger partial charge in [-0.3, -0.25) is 4.90 Å². The van der Waals surface area contributed by atoms with Crippen LogP contribution in [0.4, 0.5) is 0 Å². The van der Waals surface area contributed by atoms with Crippen LogP contribution in [-0.2, 0) is 6.54 Å². The molecule has 2 nitrogen and oxygen atoms in total. The Balaban J connectivity index is 1.97. The molecule has 17 heavy (non-hydrogen) atoms. The SMILES string of the molecule is CCCC1CNCCN1Cc1ccc(C)cc1. The van der Waals surface area contributed by atoms with Crippen molar-refractivity contribution in [2.24, 2.45) is 0 Å². The Morgan fingerprint density at radius 2 is 2.06 bits per heavy atom. The zero-order valence-electron chi connectivity index (χ0n) is 11.1. The highest BCUT2D eigenvalue weighted by atomic mass is 15.2. The van der Waals surface area contributed by atoms with Crippen molar-refractivity contribution in [3.63, 3.8) is 0 Å². The maximum Gasteiger partial charge on any atom is 0.0237 e. The molecular formula is C15H24N2. The summed E-state index contributed by atoms with van der Waals surface area (Å²) in [5.74, 6) is 0. The van der Waals surface area contributed by atoms with E-state index in [-0.39, 0.29) is 0 Å². The molecule has 1 fully saturated rings. The number of nitrogens with zero attached hydrogens (tertiary/aromatic N) is 1. The predicted molar refractivity (Wildman–Crippen MR) is 73.2 cm³/mol. The average Bonchev–Trinajstić information content (AvgIpc) is 2.35. The van der Waals surface area contributed by atoms with Gasteiger partial charge in [0.05, 0.1) is 0 Å². The molecule has 0 spiro atoms. The Morgan fingerprint density at radius 3 is 2.76 bits per heavy atom. The van der Waals surface area contributed by atoms with Crippen molar-refractivity contribution in [2.75, 3.05) is 19.6 Å². The highest BCUT2D eigenvalue weighted by Crippen LogP contribution is 2.14. The number of benzene rings is 1. The van der Waals surface area contributed by atoms with E-state index in [1.807, 2.05) is 0 Å². The van der Waals surface area contributed by atoms with Crippen molar-refractivity contribution in [1.82, 2.24) is 10.2 Å². The van der Waals surface area contributed by atoms with Crippen molar-refractivity contribution in [2.45, 2.75) is 39.3 Å². The summed E-state index contributed by atoms with van der Waals surface area (Å²) in [7, 11) is 0. The molecule has 1 heterocycles. The third-order valence-electron chi connectivity index (χ3n) is 3.60. The summed E-state index contributed by atoms with van der Waals surface area (Å²) in [6.07, 6.45) is 2.58. The molecule has 2 heteroatoms. The van der Waals surface area contributed by atoms with Gasteiger partial charge in [0, 0.05) is 32.2 Å². The second kappa shape index (κ2) is 6.18. The van der Waals surface area contributed by atoms with Crippen LogP contribution in [0.5, 0.6) is 0 Å². The second-order valence-corrected chi connectivity index (χ2v) is 5.10. The van der Waals surface area contributed by atoms with E-state index < -0.39 is 0 Å². The molecule has 0 amide bonds. The summed E-state index contributed by atoms with van der Waals surface area (Å²) in [4.78, 5) is 2.63. The normalized spacial score (nSPS) is 21.6. The summed E-state index contributed by atoms with van der Waals surface area (Å²) >= 11 is 0. The third kappa shape index (κ3) is 3.55. The van der Waals surface area contributed by atoms with E-state index in [1.54, 1.807) is 0 Å². The Bertz CT molecular complexity index is 329. The minimum absolute atomic E-state index is 0.718. The van der Waals surface area contributed by atoms with Crippen LogP contribution in [-0.4, -0.2) is 30.6 Å². The largest absolute Gasteiger partial charge is 0.314 e. The first-order valence-electron chi connectivity index (χ1n) is 6.80. The monoisotopic (exact) mass is 232 g/mol. The number of hydrogen-bond donors (Lipinski definition) is 1. The molecule has 0 aliphatic carbocycles. The highest BCUT2D eigenvalue weighted by Gasteiger charge is 2.20. The average molecular weight is 232 g/mol. The van der Waals surface area contributed by atoms with Gasteiger partial charge >= 0.3 is 0 Å². The Labute approximate surface area is 105 Å². The van der Waals surface area contributed by atoms with Gasteiger partial charge in [-0.25, -0.2) is 0 Å². The van der Waals surface area contributed by atoms with Crippen LogP contribution in [0.2, 0.25) is 0 Å². The molecule has 1 aliphatic rings. The summed E-state index contributed by atoms with van der Waals surface area (Å²) < 4.78 is 0. The van der Waals surface area contributed by atoms with E-state index in [1.165, 1.54) is 30.5 Å². The third-order valence-corrected chi connectivity index (χ3v) is 3.60. The molecule has 0 aromatic heterocycles. The lowest BCUT2D eigenvalue weighted by atomic mass is 10.1. The van der Waals surface area contributed by atoms with Gasteiger partial charge in [0.15, 0.2) is 0 Å². The fourth-order valence-corrected chi connectivity index (χ4v) is 2.56. The van der Waals surface area contributed by atoms with Gasteiger partial charge in [0.1, 0.15) is 0 Å². The zero-order valence-corrected chi connectivity index (χ0v) is 11.1. The minimum Gasteiger partial charge on any atom is -0.314 e. The first-order valence-corrected chi connectivity index (χ1v) is 6.80. The lowest BCUT2D eigenvalue weighted by molar-refractivity contribution is 0.144. The molecule has 1 aliphatic heterocycles. The number of piperazine rings is 1. The van der Waals surface area contributed by atoms with E-state index in [0.29, 0.717) is 0 Å². The van der Waals surface area contributed by atoms with E-state index in [4.69, 9.17) is 0 Å². The van der Waals surface area contributed by atoms with Gasteiger partial charge < -0.3 is 5.32 Å². The molecule has 1 aromatic carbocycles. The Hall–Kier alpha value is -0.860. The molecule has 0 bridgehead atoms. The van der Waals surface area contributed by atoms with Gasteiger partial charge in [0.25, 0.3) is 0 Å². The first-order chi connectivity index (χ1) is 8.29. The Morgan fingerprint density at radius 1 is 1.29 bits per heavy atom. The molecule has 0 saturated carbocycles. The molecule has 2 rings (SSSR count). The van der Waals surface area contributed by atoms with Crippen LogP contribution < -0.4 is 5.32 Å². The van der Waals surface area contributed by atoms with Gasteiger partial charge in [-0.15, -0.1) is 0 Å². The summed E-state index contributed by atoms with van der Waals surface area (Å²) in [6.45, 7) is 8.99. The number of hydrogen-bond acceptors (Lipinski definition) is 2.